The van der Waals surface area contributed by atoms with Gasteiger partial charge in [-0.25, -0.2) is 0 Å². The highest BCUT2D eigenvalue weighted by Gasteiger charge is 2.49. The van der Waals surface area contributed by atoms with Gasteiger partial charge in [-0.05, 0) is 25.2 Å². The van der Waals surface area contributed by atoms with E-state index in [4.69, 9.17) is 0 Å². The average Bonchev–Trinajstić information content (AvgIpc) is 2.46. The highest BCUT2D eigenvalue weighted by molar-refractivity contribution is 5.99. The zero-order valence-corrected chi connectivity index (χ0v) is 13.8. The second-order valence-corrected chi connectivity index (χ2v) is 6.43. The molecule has 2 amide bonds. The Hall–Kier alpha value is -1.06. The van der Waals surface area contributed by atoms with Gasteiger partial charge in [0.25, 0.3) is 0 Å². The van der Waals surface area contributed by atoms with Crippen LogP contribution in [0.25, 0.3) is 0 Å². The van der Waals surface area contributed by atoms with E-state index in [0.29, 0.717) is 18.9 Å². The molecule has 0 aromatic heterocycles. The van der Waals surface area contributed by atoms with Crippen molar-refractivity contribution in [3.8, 4) is 0 Å². The summed E-state index contributed by atoms with van der Waals surface area (Å²) in [6.07, 6.45) is 2.55. The molecule has 4 atom stereocenters. The molecule has 4 nitrogen and oxygen atoms in total. The minimum Gasteiger partial charge on any atom is -0.342 e. The van der Waals surface area contributed by atoms with Crippen molar-refractivity contribution in [1.29, 1.82) is 0 Å². The van der Waals surface area contributed by atoms with Crippen molar-refractivity contribution < 1.29 is 9.59 Å². The Labute approximate surface area is 123 Å². The number of hydrogen-bond acceptors (Lipinski definition) is 2. The van der Waals surface area contributed by atoms with Gasteiger partial charge in [-0.15, -0.1) is 0 Å². The molecule has 116 valence electrons. The third-order valence-corrected chi connectivity index (χ3v) is 5.00. The number of carbonyl (C=O) groups excluding carboxylic acids is 2. The number of amides is 2. The van der Waals surface area contributed by atoms with Crippen LogP contribution < -0.4 is 5.32 Å². The Morgan fingerprint density at radius 3 is 2.25 bits per heavy atom. The Bertz CT molecular complexity index is 369. The molecule has 20 heavy (non-hydrogen) atoms. The van der Waals surface area contributed by atoms with E-state index in [9.17, 15) is 9.59 Å². The lowest BCUT2D eigenvalue weighted by molar-refractivity contribution is -0.159. The van der Waals surface area contributed by atoms with Crippen LogP contribution in [-0.4, -0.2) is 34.8 Å². The standard InChI is InChI=1S/C16H30N2O2/c1-7-11(4)10-18-14(19)13(12(5)8-2)17-15(20)16(18,6)9-3/h11-13H,7-10H2,1-6H3,(H,17,20). The summed E-state index contributed by atoms with van der Waals surface area (Å²) in [5, 5.41) is 2.95. The number of nitrogens with one attached hydrogen (secondary N) is 1. The molecule has 0 bridgehead atoms. The second kappa shape index (κ2) is 6.59. The monoisotopic (exact) mass is 282 g/mol. The summed E-state index contributed by atoms with van der Waals surface area (Å²) in [7, 11) is 0. The maximum absolute atomic E-state index is 12.8. The van der Waals surface area contributed by atoms with Crippen LogP contribution in [0.3, 0.4) is 0 Å². The molecule has 1 rings (SSSR count). The van der Waals surface area contributed by atoms with E-state index in [1.807, 2.05) is 25.7 Å². The molecule has 1 N–H and O–H groups in total. The zero-order chi connectivity index (χ0) is 15.5. The van der Waals surface area contributed by atoms with Crippen LogP contribution in [0.5, 0.6) is 0 Å². The quantitative estimate of drug-likeness (QED) is 0.814. The lowest BCUT2D eigenvalue weighted by atomic mass is 9.85. The summed E-state index contributed by atoms with van der Waals surface area (Å²) in [5.41, 5.74) is -0.704. The topological polar surface area (TPSA) is 49.4 Å². The molecular formula is C16H30N2O2. The molecule has 1 aliphatic rings. The number of carbonyl (C=O) groups is 2. The summed E-state index contributed by atoms with van der Waals surface area (Å²) in [6.45, 7) is 12.9. The van der Waals surface area contributed by atoms with Crippen molar-refractivity contribution in [2.24, 2.45) is 11.8 Å². The van der Waals surface area contributed by atoms with Crippen LogP contribution in [0, 0.1) is 11.8 Å². The Morgan fingerprint density at radius 1 is 1.20 bits per heavy atom. The molecule has 4 unspecified atom stereocenters. The van der Waals surface area contributed by atoms with Crippen molar-refractivity contribution in [3.05, 3.63) is 0 Å². The third-order valence-electron chi connectivity index (χ3n) is 5.00. The summed E-state index contributed by atoms with van der Waals surface area (Å²) in [4.78, 5) is 27.1. The molecule has 1 aliphatic heterocycles. The summed E-state index contributed by atoms with van der Waals surface area (Å²) < 4.78 is 0. The zero-order valence-electron chi connectivity index (χ0n) is 13.8. The van der Waals surface area contributed by atoms with Crippen LogP contribution in [-0.2, 0) is 9.59 Å². The maximum Gasteiger partial charge on any atom is 0.246 e. The van der Waals surface area contributed by atoms with E-state index in [0.717, 1.165) is 12.8 Å². The first-order valence-electron chi connectivity index (χ1n) is 7.94. The van der Waals surface area contributed by atoms with Crippen molar-refractivity contribution in [3.63, 3.8) is 0 Å². The normalized spacial score (nSPS) is 30.1. The molecule has 4 heteroatoms. The molecule has 0 aliphatic carbocycles. The first-order chi connectivity index (χ1) is 9.31. The van der Waals surface area contributed by atoms with Crippen LogP contribution in [0.15, 0.2) is 0 Å². The van der Waals surface area contributed by atoms with E-state index in [1.165, 1.54) is 0 Å². The van der Waals surface area contributed by atoms with E-state index in [2.05, 4.69) is 26.1 Å². The Balaban J connectivity index is 3.08. The first-order valence-corrected chi connectivity index (χ1v) is 7.94. The largest absolute Gasteiger partial charge is 0.342 e. The molecule has 0 aromatic rings. The molecule has 1 saturated heterocycles. The molecule has 1 fully saturated rings. The van der Waals surface area contributed by atoms with Gasteiger partial charge >= 0.3 is 0 Å². The SMILES string of the molecule is CCC(C)CN1C(=O)C(C(C)CC)NC(=O)C1(C)CC. The van der Waals surface area contributed by atoms with Gasteiger partial charge < -0.3 is 10.2 Å². The van der Waals surface area contributed by atoms with Crippen LogP contribution in [0.2, 0.25) is 0 Å². The molecular weight excluding hydrogens is 252 g/mol. The van der Waals surface area contributed by atoms with E-state index < -0.39 is 5.54 Å². The molecule has 0 saturated carbocycles. The minimum atomic E-state index is -0.704. The van der Waals surface area contributed by atoms with E-state index in [-0.39, 0.29) is 23.8 Å². The molecule has 1 heterocycles. The number of piperazine rings is 1. The van der Waals surface area contributed by atoms with Crippen LogP contribution in [0.4, 0.5) is 0 Å². The molecule has 0 aromatic carbocycles. The van der Waals surface area contributed by atoms with E-state index >= 15 is 0 Å². The van der Waals surface area contributed by atoms with Gasteiger partial charge in [0.15, 0.2) is 0 Å². The second-order valence-electron chi connectivity index (χ2n) is 6.43. The first kappa shape index (κ1) is 17.0. The lowest BCUT2D eigenvalue weighted by Gasteiger charge is -2.48. The van der Waals surface area contributed by atoms with Crippen LogP contribution in [0.1, 0.15) is 60.8 Å². The Morgan fingerprint density at radius 2 is 1.80 bits per heavy atom. The van der Waals surface area contributed by atoms with Crippen molar-refractivity contribution in [1.82, 2.24) is 10.2 Å². The van der Waals surface area contributed by atoms with Gasteiger partial charge in [-0.3, -0.25) is 9.59 Å². The molecule has 0 radical (unpaired) electrons. The van der Waals surface area contributed by atoms with E-state index in [1.54, 1.807) is 0 Å². The van der Waals surface area contributed by atoms with Gasteiger partial charge in [0.1, 0.15) is 11.6 Å². The van der Waals surface area contributed by atoms with Crippen molar-refractivity contribution in [2.75, 3.05) is 6.54 Å². The predicted octanol–water partition coefficient (Wildman–Crippen LogP) is 2.57. The lowest BCUT2D eigenvalue weighted by Crippen LogP contribution is -2.70. The molecule has 0 spiro atoms. The van der Waals surface area contributed by atoms with Crippen molar-refractivity contribution >= 4 is 11.8 Å². The van der Waals surface area contributed by atoms with Gasteiger partial charge in [0.05, 0.1) is 0 Å². The third kappa shape index (κ3) is 2.99. The maximum atomic E-state index is 12.8. The minimum absolute atomic E-state index is 0.00629. The highest BCUT2D eigenvalue weighted by atomic mass is 16.2. The van der Waals surface area contributed by atoms with Gasteiger partial charge in [0, 0.05) is 6.54 Å². The number of hydrogen-bond donors (Lipinski definition) is 1. The van der Waals surface area contributed by atoms with Gasteiger partial charge in [-0.2, -0.15) is 0 Å². The smallest absolute Gasteiger partial charge is 0.246 e. The van der Waals surface area contributed by atoms with Gasteiger partial charge in [-0.1, -0.05) is 47.5 Å². The number of rotatable bonds is 6. The number of nitrogens with zero attached hydrogens (tertiary/aromatic N) is 1. The predicted molar refractivity (Wildman–Crippen MR) is 81.2 cm³/mol. The average molecular weight is 282 g/mol. The fourth-order valence-electron chi connectivity index (χ4n) is 2.60. The Kier molecular flexibility index (Phi) is 5.60. The summed E-state index contributed by atoms with van der Waals surface area (Å²) >= 11 is 0. The summed E-state index contributed by atoms with van der Waals surface area (Å²) in [6, 6.07) is -0.365. The van der Waals surface area contributed by atoms with Gasteiger partial charge in [0.2, 0.25) is 11.8 Å². The highest BCUT2D eigenvalue weighted by Crippen LogP contribution is 2.29. The fraction of sp³-hybridized carbons (Fsp3) is 0.875. The summed E-state index contributed by atoms with van der Waals surface area (Å²) in [5.74, 6) is 0.664. The van der Waals surface area contributed by atoms with Crippen molar-refractivity contribution in [2.45, 2.75) is 72.4 Å². The fourth-order valence-corrected chi connectivity index (χ4v) is 2.60. The van der Waals surface area contributed by atoms with Crippen LogP contribution >= 0.6 is 0 Å².